The van der Waals surface area contributed by atoms with Gasteiger partial charge >= 0.3 is 0 Å². The van der Waals surface area contributed by atoms with Crippen molar-refractivity contribution in [3.05, 3.63) is 0 Å². The SMILES string of the molecule is CCCCC1NC(C)N(CCCOCCC)C1=O. The fourth-order valence-electron chi connectivity index (χ4n) is 2.35. The van der Waals surface area contributed by atoms with Crippen molar-refractivity contribution in [2.75, 3.05) is 19.8 Å². The Morgan fingerprint density at radius 1 is 1.22 bits per heavy atom. The van der Waals surface area contributed by atoms with Gasteiger partial charge in [-0.05, 0) is 26.2 Å². The summed E-state index contributed by atoms with van der Waals surface area (Å²) in [6.07, 6.45) is 5.37. The molecular weight excluding hydrogens is 228 g/mol. The minimum Gasteiger partial charge on any atom is -0.381 e. The Morgan fingerprint density at radius 2 is 2.00 bits per heavy atom. The van der Waals surface area contributed by atoms with Gasteiger partial charge in [0.2, 0.25) is 5.91 Å². The van der Waals surface area contributed by atoms with Crippen molar-refractivity contribution in [2.24, 2.45) is 0 Å². The molecule has 18 heavy (non-hydrogen) atoms. The molecule has 1 N–H and O–H groups in total. The minimum atomic E-state index is 0.0384. The van der Waals surface area contributed by atoms with E-state index in [0.717, 1.165) is 51.9 Å². The van der Waals surface area contributed by atoms with E-state index in [1.807, 2.05) is 4.90 Å². The van der Waals surface area contributed by atoms with Crippen molar-refractivity contribution >= 4 is 5.91 Å². The number of carbonyl (C=O) groups excluding carboxylic acids is 1. The number of hydrogen-bond donors (Lipinski definition) is 1. The van der Waals surface area contributed by atoms with Gasteiger partial charge in [0, 0.05) is 19.8 Å². The summed E-state index contributed by atoms with van der Waals surface area (Å²) in [4.78, 5) is 14.1. The molecule has 0 bridgehead atoms. The Morgan fingerprint density at radius 3 is 2.67 bits per heavy atom. The van der Waals surface area contributed by atoms with Gasteiger partial charge in [0.15, 0.2) is 0 Å². The van der Waals surface area contributed by atoms with E-state index in [1.54, 1.807) is 0 Å². The van der Waals surface area contributed by atoms with E-state index < -0.39 is 0 Å². The summed E-state index contributed by atoms with van der Waals surface area (Å²) in [5, 5.41) is 3.38. The number of ether oxygens (including phenoxy) is 1. The number of nitrogens with zero attached hydrogens (tertiary/aromatic N) is 1. The second kappa shape index (κ2) is 8.48. The smallest absolute Gasteiger partial charge is 0.241 e. The Hall–Kier alpha value is -0.610. The number of nitrogens with one attached hydrogen (secondary N) is 1. The lowest BCUT2D eigenvalue weighted by atomic mass is 10.1. The summed E-state index contributed by atoms with van der Waals surface area (Å²) in [5.74, 6) is 0.270. The topological polar surface area (TPSA) is 41.6 Å². The van der Waals surface area contributed by atoms with Crippen LogP contribution in [0.15, 0.2) is 0 Å². The quantitative estimate of drug-likeness (QED) is 0.643. The molecule has 2 unspecified atom stereocenters. The molecule has 2 atom stereocenters. The van der Waals surface area contributed by atoms with E-state index in [9.17, 15) is 4.79 Å². The van der Waals surface area contributed by atoms with Crippen molar-refractivity contribution in [3.8, 4) is 0 Å². The van der Waals surface area contributed by atoms with E-state index in [0.29, 0.717) is 0 Å². The van der Waals surface area contributed by atoms with Gasteiger partial charge in [0.1, 0.15) is 0 Å². The highest BCUT2D eigenvalue weighted by atomic mass is 16.5. The molecule has 106 valence electrons. The zero-order valence-electron chi connectivity index (χ0n) is 12.1. The molecular formula is C14H28N2O2. The molecule has 1 fully saturated rings. The molecule has 1 heterocycles. The monoisotopic (exact) mass is 256 g/mol. The van der Waals surface area contributed by atoms with Gasteiger partial charge in [-0.15, -0.1) is 0 Å². The predicted octanol–water partition coefficient (Wildman–Crippen LogP) is 2.14. The summed E-state index contributed by atoms with van der Waals surface area (Å²) in [7, 11) is 0. The zero-order chi connectivity index (χ0) is 13.4. The van der Waals surface area contributed by atoms with E-state index in [1.165, 1.54) is 0 Å². The van der Waals surface area contributed by atoms with Gasteiger partial charge in [-0.1, -0.05) is 26.7 Å². The number of hydrogen-bond acceptors (Lipinski definition) is 3. The third-order valence-corrected chi connectivity index (χ3v) is 3.37. The molecule has 0 aromatic heterocycles. The Bertz CT molecular complexity index is 246. The lowest BCUT2D eigenvalue weighted by Gasteiger charge is -2.20. The molecule has 0 aliphatic carbocycles. The van der Waals surface area contributed by atoms with Crippen LogP contribution in [-0.2, 0) is 9.53 Å². The van der Waals surface area contributed by atoms with Crippen molar-refractivity contribution in [1.82, 2.24) is 10.2 Å². The lowest BCUT2D eigenvalue weighted by molar-refractivity contribution is -0.130. The number of amides is 1. The summed E-state index contributed by atoms with van der Waals surface area (Å²) < 4.78 is 5.45. The van der Waals surface area contributed by atoms with Gasteiger partial charge in [0.05, 0.1) is 12.2 Å². The van der Waals surface area contributed by atoms with Gasteiger partial charge < -0.3 is 9.64 Å². The standard InChI is InChI=1S/C14H28N2O2/c1-4-6-8-13-14(17)16(12(3)15-13)9-7-11-18-10-5-2/h12-13,15H,4-11H2,1-3H3. The third kappa shape index (κ3) is 4.58. The highest BCUT2D eigenvalue weighted by Crippen LogP contribution is 2.15. The van der Waals surface area contributed by atoms with Crippen LogP contribution in [0.4, 0.5) is 0 Å². The van der Waals surface area contributed by atoms with Crippen LogP contribution in [0, 0.1) is 0 Å². The maximum absolute atomic E-state index is 12.2. The van der Waals surface area contributed by atoms with Crippen LogP contribution in [0.25, 0.3) is 0 Å². The van der Waals surface area contributed by atoms with Crippen LogP contribution >= 0.6 is 0 Å². The first kappa shape index (κ1) is 15.4. The molecule has 0 spiro atoms. The van der Waals surface area contributed by atoms with Crippen LogP contribution in [0.5, 0.6) is 0 Å². The van der Waals surface area contributed by atoms with Gasteiger partial charge in [-0.2, -0.15) is 0 Å². The highest BCUT2D eigenvalue weighted by molar-refractivity contribution is 5.84. The molecule has 0 aromatic carbocycles. The highest BCUT2D eigenvalue weighted by Gasteiger charge is 2.35. The molecule has 0 aromatic rings. The van der Waals surface area contributed by atoms with Crippen LogP contribution in [0.1, 0.15) is 52.9 Å². The van der Waals surface area contributed by atoms with Gasteiger partial charge in [-0.3, -0.25) is 10.1 Å². The van der Waals surface area contributed by atoms with Crippen molar-refractivity contribution < 1.29 is 9.53 Å². The molecule has 0 radical (unpaired) electrons. The Balaban J connectivity index is 2.25. The number of rotatable bonds is 9. The first-order valence-electron chi connectivity index (χ1n) is 7.35. The fourth-order valence-corrected chi connectivity index (χ4v) is 2.35. The number of carbonyl (C=O) groups is 1. The molecule has 4 heteroatoms. The predicted molar refractivity (Wildman–Crippen MR) is 73.4 cm³/mol. The summed E-state index contributed by atoms with van der Waals surface area (Å²) in [5.41, 5.74) is 0. The molecule has 1 aliphatic heterocycles. The lowest BCUT2D eigenvalue weighted by Crippen LogP contribution is -2.35. The maximum atomic E-state index is 12.2. The third-order valence-electron chi connectivity index (χ3n) is 3.37. The van der Waals surface area contributed by atoms with Gasteiger partial charge in [-0.25, -0.2) is 0 Å². The summed E-state index contributed by atoms with van der Waals surface area (Å²) >= 11 is 0. The van der Waals surface area contributed by atoms with Crippen LogP contribution in [0.2, 0.25) is 0 Å². The van der Waals surface area contributed by atoms with E-state index in [4.69, 9.17) is 4.74 Å². The molecule has 4 nitrogen and oxygen atoms in total. The summed E-state index contributed by atoms with van der Waals surface area (Å²) in [6.45, 7) is 8.71. The van der Waals surface area contributed by atoms with E-state index >= 15 is 0 Å². The first-order valence-corrected chi connectivity index (χ1v) is 7.35. The van der Waals surface area contributed by atoms with E-state index in [-0.39, 0.29) is 18.1 Å². The van der Waals surface area contributed by atoms with Crippen molar-refractivity contribution in [1.29, 1.82) is 0 Å². The van der Waals surface area contributed by atoms with Crippen molar-refractivity contribution in [2.45, 2.75) is 65.1 Å². The number of unbranched alkanes of at least 4 members (excludes halogenated alkanes) is 1. The van der Waals surface area contributed by atoms with Gasteiger partial charge in [0.25, 0.3) is 0 Å². The normalized spacial score (nSPS) is 23.9. The molecule has 1 saturated heterocycles. The Labute approximate surface area is 111 Å². The molecule has 0 saturated carbocycles. The van der Waals surface area contributed by atoms with Crippen LogP contribution in [-0.4, -0.2) is 42.8 Å². The van der Waals surface area contributed by atoms with Crippen LogP contribution in [0.3, 0.4) is 0 Å². The van der Waals surface area contributed by atoms with Crippen molar-refractivity contribution in [3.63, 3.8) is 0 Å². The molecule has 1 amide bonds. The minimum absolute atomic E-state index is 0.0384. The molecule has 1 aliphatic rings. The largest absolute Gasteiger partial charge is 0.381 e. The fraction of sp³-hybridized carbons (Fsp3) is 0.929. The molecule has 1 rings (SSSR count). The zero-order valence-corrected chi connectivity index (χ0v) is 12.1. The average molecular weight is 256 g/mol. The Kier molecular flexibility index (Phi) is 7.28. The van der Waals surface area contributed by atoms with E-state index in [2.05, 4.69) is 26.1 Å². The maximum Gasteiger partial charge on any atom is 0.241 e. The second-order valence-corrected chi connectivity index (χ2v) is 5.04. The van der Waals surface area contributed by atoms with Crippen LogP contribution < -0.4 is 5.32 Å². The average Bonchev–Trinajstić information content (AvgIpc) is 2.63. The second-order valence-electron chi connectivity index (χ2n) is 5.04. The summed E-state index contributed by atoms with van der Waals surface area (Å²) in [6, 6.07) is 0.0384. The first-order chi connectivity index (χ1) is 8.70.